The molecule has 2 rings (SSSR count). The van der Waals surface area contributed by atoms with Gasteiger partial charge < -0.3 is 15.2 Å². The summed E-state index contributed by atoms with van der Waals surface area (Å²) < 4.78 is 19.6. The SMILES string of the molecule is CCNC(C)c1ccc(OCc2ccc(O)cc2)cc1F. The summed E-state index contributed by atoms with van der Waals surface area (Å²) in [5, 5.41) is 12.4. The fraction of sp³-hybridized carbons (Fsp3) is 0.294. The Morgan fingerprint density at radius 3 is 2.52 bits per heavy atom. The molecule has 0 aliphatic heterocycles. The molecular weight excluding hydrogens is 269 g/mol. The van der Waals surface area contributed by atoms with Crippen molar-refractivity contribution in [2.45, 2.75) is 26.5 Å². The summed E-state index contributed by atoms with van der Waals surface area (Å²) in [7, 11) is 0. The standard InChI is InChI=1S/C17H20FNO2/c1-3-19-12(2)16-9-8-15(10-17(16)18)21-11-13-4-6-14(20)7-5-13/h4-10,12,19-20H,3,11H2,1-2H3. The molecule has 1 atom stereocenters. The fourth-order valence-electron chi connectivity index (χ4n) is 2.12. The second-order valence-electron chi connectivity index (χ2n) is 4.92. The highest BCUT2D eigenvalue weighted by Gasteiger charge is 2.10. The molecule has 2 aromatic carbocycles. The number of ether oxygens (including phenoxy) is 1. The molecule has 0 spiro atoms. The van der Waals surface area contributed by atoms with Crippen molar-refractivity contribution < 1.29 is 14.2 Å². The molecule has 0 aromatic heterocycles. The summed E-state index contributed by atoms with van der Waals surface area (Å²) in [4.78, 5) is 0. The van der Waals surface area contributed by atoms with E-state index in [9.17, 15) is 9.50 Å². The maximum absolute atomic E-state index is 14.0. The van der Waals surface area contributed by atoms with Gasteiger partial charge in [0.2, 0.25) is 0 Å². The van der Waals surface area contributed by atoms with E-state index >= 15 is 0 Å². The van der Waals surface area contributed by atoms with Gasteiger partial charge in [0.05, 0.1) is 0 Å². The van der Waals surface area contributed by atoms with E-state index in [-0.39, 0.29) is 17.6 Å². The maximum atomic E-state index is 14.0. The molecule has 0 fully saturated rings. The number of rotatable bonds is 6. The molecule has 4 heteroatoms. The number of aromatic hydroxyl groups is 1. The highest BCUT2D eigenvalue weighted by Crippen LogP contribution is 2.22. The summed E-state index contributed by atoms with van der Waals surface area (Å²) in [6.45, 7) is 5.05. The molecule has 3 nitrogen and oxygen atoms in total. The Morgan fingerprint density at radius 2 is 1.90 bits per heavy atom. The summed E-state index contributed by atoms with van der Waals surface area (Å²) in [5.41, 5.74) is 1.55. The van der Waals surface area contributed by atoms with Crippen LogP contribution in [0, 0.1) is 5.82 Å². The van der Waals surface area contributed by atoms with Gasteiger partial charge in [-0.3, -0.25) is 0 Å². The lowest BCUT2D eigenvalue weighted by Crippen LogP contribution is -2.18. The molecule has 2 aromatic rings. The van der Waals surface area contributed by atoms with Crippen molar-refractivity contribution in [2.24, 2.45) is 0 Å². The van der Waals surface area contributed by atoms with Crippen molar-refractivity contribution in [1.29, 1.82) is 0 Å². The molecule has 21 heavy (non-hydrogen) atoms. The van der Waals surface area contributed by atoms with Crippen LogP contribution in [0.1, 0.15) is 31.0 Å². The van der Waals surface area contributed by atoms with Gasteiger partial charge in [-0.05, 0) is 37.2 Å². The first-order valence-corrected chi connectivity index (χ1v) is 7.03. The third-order valence-corrected chi connectivity index (χ3v) is 3.29. The van der Waals surface area contributed by atoms with Gasteiger partial charge in [0.15, 0.2) is 0 Å². The average molecular weight is 289 g/mol. The molecule has 0 saturated carbocycles. The Hall–Kier alpha value is -2.07. The van der Waals surface area contributed by atoms with Crippen LogP contribution in [-0.4, -0.2) is 11.7 Å². The van der Waals surface area contributed by atoms with Crippen LogP contribution < -0.4 is 10.1 Å². The Morgan fingerprint density at radius 1 is 1.19 bits per heavy atom. The van der Waals surface area contributed by atoms with Crippen LogP contribution in [0.4, 0.5) is 4.39 Å². The molecular formula is C17H20FNO2. The van der Waals surface area contributed by atoms with Crippen molar-refractivity contribution in [3.63, 3.8) is 0 Å². The molecule has 0 saturated heterocycles. The highest BCUT2D eigenvalue weighted by atomic mass is 19.1. The third-order valence-electron chi connectivity index (χ3n) is 3.29. The number of nitrogens with one attached hydrogen (secondary N) is 1. The average Bonchev–Trinajstić information content (AvgIpc) is 2.47. The number of hydrogen-bond acceptors (Lipinski definition) is 3. The predicted molar refractivity (Wildman–Crippen MR) is 80.9 cm³/mol. The molecule has 0 bridgehead atoms. The fourth-order valence-corrected chi connectivity index (χ4v) is 2.12. The second-order valence-corrected chi connectivity index (χ2v) is 4.92. The summed E-state index contributed by atoms with van der Waals surface area (Å²) >= 11 is 0. The Bertz CT molecular complexity index is 584. The van der Waals surface area contributed by atoms with Crippen molar-refractivity contribution in [2.75, 3.05) is 6.54 Å². The first-order chi connectivity index (χ1) is 10.1. The van der Waals surface area contributed by atoms with E-state index < -0.39 is 0 Å². The minimum atomic E-state index is -0.272. The smallest absolute Gasteiger partial charge is 0.131 e. The molecule has 2 N–H and O–H groups in total. The van der Waals surface area contributed by atoms with Gasteiger partial charge in [-0.15, -0.1) is 0 Å². The zero-order chi connectivity index (χ0) is 15.2. The van der Waals surface area contributed by atoms with Crippen LogP contribution in [0.5, 0.6) is 11.5 Å². The molecule has 0 heterocycles. The zero-order valence-electron chi connectivity index (χ0n) is 12.3. The molecule has 0 aliphatic carbocycles. The molecule has 0 radical (unpaired) electrons. The Labute approximate surface area is 124 Å². The van der Waals surface area contributed by atoms with E-state index in [0.717, 1.165) is 12.1 Å². The Kier molecular flexibility index (Phi) is 5.17. The van der Waals surface area contributed by atoms with Gasteiger partial charge >= 0.3 is 0 Å². The molecule has 1 unspecified atom stereocenters. The van der Waals surface area contributed by atoms with Crippen LogP contribution in [-0.2, 0) is 6.61 Å². The van der Waals surface area contributed by atoms with E-state index in [1.54, 1.807) is 36.4 Å². The monoisotopic (exact) mass is 289 g/mol. The summed E-state index contributed by atoms with van der Waals surface area (Å²) in [6, 6.07) is 11.6. The van der Waals surface area contributed by atoms with E-state index in [1.165, 1.54) is 6.07 Å². The number of hydrogen-bond donors (Lipinski definition) is 2. The van der Waals surface area contributed by atoms with Gasteiger partial charge in [0, 0.05) is 17.7 Å². The van der Waals surface area contributed by atoms with E-state index in [4.69, 9.17) is 4.74 Å². The number of phenols is 1. The van der Waals surface area contributed by atoms with Gasteiger partial charge in [-0.25, -0.2) is 4.39 Å². The van der Waals surface area contributed by atoms with Gasteiger partial charge in [0.1, 0.15) is 23.9 Å². The largest absolute Gasteiger partial charge is 0.508 e. The van der Waals surface area contributed by atoms with Crippen LogP contribution in [0.25, 0.3) is 0 Å². The third kappa shape index (κ3) is 4.20. The highest BCUT2D eigenvalue weighted by molar-refractivity contribution is 5.31. The van der Waals surface area contributed by atoms with E-state index in [0.29, 0.717) is 17.9 Å². The summed E-state index contributed by atoms with van der Waals surface area (Å²) in [5.74, 6) is 0.436. The molecule has 0 amide bonds. The molecule has 0 aliphatic rings. The summed E-state index contributed by atoms with van der Waals surface area (Å²) in [6.07, 6.45) is 0. The van der Waals surface area contributed by atoms with Crippen molar-refractivity contribution >= 4 is 0 Å². The molecule has 112 valence electrons. The Balaban J connectivity index is 2.01. The van der Waals surface area contributed by atoms with Gasteiger partial charge in [-0.2, -0.15) is 0 Å². The van der Waals surface area contributed by atoms with Crippen molar-refractivity contribution in [1.82, 2.24) is 5.32 Å². The van der Waals surface area contributed by atoms with Crippen LogP contribution in [0.2, 0.25) is 0 Å². The minimum Gasteiger partial charge on any atom is -0.508 e. The van der Waals surface area contributed by atoms with Gasteiger partial charge in [0.25, 0.3) is 0 Å². The topological polar surface area (TPSA) is 41.5 Å². The lowest BCUT2D eigenvalue weighted by atomic mass is 10.1. The first-order valence-electron chi connectivity index (χ1n) is 7.03. The van der Waals surface area contributed by atoms with Crippen LogP contribution in [0.3, 0.4) is 0 Å². The maximum Gasteiger partial charge on any atom is 0.131 e. The number of phenolic OH excluding ortho intramolecular Hbond substituents is 1. The second kappa shape index (κ2) is 7.09. The van der Waals surface area contributed by atoms with Crippen LogP contribution in [0.15, 0.2) is 42.5 Å². The quantitative estimate of drug-likeness (QED) is 0.850. The van der Waals surface area contributed by atoms with Gasteiger partial charge in [-0.1, -0.05) is 25.1 Å². The van der Waals surface area contributed by atoms with Crippen molar-refractivity contribution in [3.05, 3.63) is 59.4 Å². The predicted octanol–water partition coefficient (Wildman–Crippen LogP) is 3.78. The first kappa shape index (κ1) is 15.3. The lowest BCUT2D eigenvalue weighted by molar-refractivity contribution is 0.304. The number of benzene rings is 2. The number of halogens is 1. The van der Waals surface area contributed by atoms with E-state index in [2.05, 4.69) is 5.32 Å². The van der Waals surface area contributed by atoms with Crippen LogP contribution >= 0.6 is 0 Å². The normalized spacial score (nSPS) is 12.1. The minimum absolute atomic E-state index is 0.0267. The van der Waals surface area contributed by atoms with Crippen molar-refractivity contribution in [3.8, 4) is 11.5 Å². The zero-order valence-corrected chi connectivity index (χ0v) is 12.3. The lowest BCUT2D eigenvalue weighted by Gasteiger charge is -2.14. The van der Waals surface area contributed by atoms with E-state index in [1.807, 2.05) is 13.8 Å².